The third-order valence-corrected chi connectivity index (χ3v) is 7.78. The third-order valence-electron chi connectivity index (χ3n) is 7.78. The van der Waals surface area contributed by atoms with Crippen LogP contribution in [0.4, 0.5) is 0 Å². The van der Waals surface area contributed by atoms with Crippen LogP contribution in [0, 0.1) is 5.92 Å². The van der Waals surface area contributed by atoms with Crippen molar-refractivity contribution in [3.63, 3.8) is 0 Å². The summed E-state index contributed by atoms with van der Waals surface area (Å²) in [6.45, 7) is 2.73. The Morgan fingerprint density at radius 1 is 1.00 bits per heavy atom. The van der Waals surface area contributed by atoms with E-state index in [1.807, 2.05) is 12.1 Å². The summed E-state index contributed by atoms with van der Waals surface area (Å²) in [4.78, 5) is 16.9. The highest BCUT2D eigenvalue weighted by molar-refractivity contribution is 5.49. The van der Waals surface area contributed by atoms with Crippen LogP contribution in [0.2, 0.25) is 0 Å². The van der Waals surface area contributed by atoms with Crippen molar-refractivity contribution in [3.8, 4) is 5.75 Å². The lowest BCUT2D eigenvalue weighted by Crippen LogP contribution is -2.57. The number of carbonyl (C=O) groups excluding carboxylic acids is 1. The number of amides is 1. The molecule has 0 bridgehead atoms. The lowest BCUT2D eigenvalue weighted by molar-refractivity contribution is -0.128. The summed E-state index contributed by atoms with van der Waals surface area (Å²) in [6, 6.07) is 19.2. The van der Waals surface area contributed by atoms with Crippen LogP contribution in [0.5, 0.6) is 5.75 Å². The van der Waals surface area contributed by atoms with E-state index in [-0.39, 0.29) is 5.54 Å². The zero-order valence-electron chi connectivity index (χ0n) is 19.7. The molecule has 1 amide bonds. The van der Waals surface area contributed by atoms with Crippen LogP contribution in [0.1, 0.15) is 62.0 Å². The Bertz CT molecular complexity index is 839. The number of likely N-dealkylation sites (N-methyl/N-ethyl adjacent to an activating group) is 1. The average Bonchev–Trinajstić information content (AvgIpc) is 2.80. The van der Waals surface area contributed by atoms with Crippen molar-refractivity contribution < 1.29 is 9.53 Å². The Balaban J connectivity index is 1.47. The fraction of sp³-hybridized carbons (Fsp3) is 0.536. The molecule has 172 valence electrons. The van der Waals surface area contributed by atoms with Crippen LogP contribution in [0.25, 0.3) is 0 Å². The van der Waals surface area contributed by atoms with E-state index in [9.17, 15) is 4.79 Å². The first-order valence-electron chi connectivity index (χ1n) is 12.2. The zero-order valence-corrected chi connectivity index (χ0v) is 19.7. The summed E-state index contributed by atoms with van der Waals surface area (Å²) in [5, 5.41) is 0. The first-order valence-corrected chi connectivity index (χ1v) is 12.2. The summed E-state index contributed by atoms with van der Waals surface area (Å²) in [5.41, 5.74) is 2.66. The highest BCUT2D eigenvalue weighted by atomic mass is 16.5. The maximum Gasteiger partial charge on any atom is 0.210 e. The second-order valence-corrected chi connectivity index (χ2v) is 9.98. The zero-order chi connectivity index (χ0) is 22.4. The lowest BCUT2D eigenvalue weighted by atomic mass is 9.72. The molecule has 2 saturated carbocycles. The van der Waals surface area contributed by atoms with Gasteiger partial charge in [0.25, 0.3) is 0 Å². The Morgan fingerprint density at radius 2 is 1.69 bits per heavy atom. The van der Waals surface area contributed by atoms with Gasteiger partial charge in [0, 0.05) is 19.6 Å². The van der Waals surface area contributed by atoms with Crippen molar-refractivity contribution in [2.45, 2.75) is 62.9 Å². The first-order chi connectivity index (χ1) is 15.6. The normalized spacial score (nSPS) is 23.5. The number of rotatable bonds is 10. The van der Waals surface area contributed by atoms with Gasteiger partial charge in [-0.15, -0.1) is 0 Å². The fourth-order valence-corrected chi connectivity index (χ4v) is 5.65. The Morgan fingerprint density at radius 3 is 2.25 bits per heavy atom. The summed E-state index contributed by atoms with van der Waals surface area (Å²) in [7, 11) is 3.90. The van der Waals surface area contributed by atoms with Gasteiger partial charge in [0.05, 0.1) is 12.6 Å². The van der Waals surface area contributed by atoms with Crippen molar-refractivity contribution in [2.24, 2.45) is 5.92 Å². The molecule has 2 aromatic carbocycles. The van der Waals surface area contributed by atoms with Gasteiger partial charge in [0.1, 0.15) is 5.75 Å². The topological polar surface area (TPSA) is 32.8 Å². The standard InChI is InChI=1S/C28H38N2O2/c1-29(19-24-11-13-27(32-2)14-12-24)21-28(30(22-31)20-23-7-6-8-23)17-15-26(16-18-28)25-9-4-3-5-10-25/h3-5,9-14,22-23,26H,6-8,15-21H2,1-2H3. The van der Waals surface area contributed by atoms with E-state index in [1.54, 1.807) is 7.11 Å². The Labute approximate surface area is 193 Å². The van der Waals surface area contributed by atoms with Crippen LogP contribution < -0.4 is 4.74 Å². The van der Waals surface area contributed by atoms with Crippen molar-refractivity contribution in [1.29, 1.82) is 0 Å². The molecule has 2 aromatic rings. The van der Waals surface area contributed by atoms with Gasteiger partial charge in [-0.05, 0) is 80.7 Å². The van der Waals surface area contributed by atoms with E-state index in [1.165, 1.54) is 30.4 Å². The van der Waals surface area contributed by atoms with Crippen molar-refractivity contribution in [1.82, 2.24) is 9.80 Å². The van der Waals surface area contributed by atoms with E-state index < -0.39 is 0 Å². The average molecular weight is 435 g/mol. The second kappa shape index (κ2) is 10.5. The molecule has 0 saturated heterocycles. The summed E-state index contributed by atoms with van der Waals surface area (Å²) in [6.07, 6.45) is 9.46. The number of carbonyl (C=O) groups is 1. The quantitative estimate of drug-likeness (QED) is 0.464. The Hall–Kier alpha value is -2.33. The number of methoxy groups -OCH3 is 1. The minimum atomic E-state index is -0.0656. The van der Waals surface area contributed by atoms with Gasteiger partial charge >= 0.3 is 0 Å². The predicted molar refractivity (Wildman–Crippen MR) is 130 cm³/mol. The molecular formula is C28H38N2O2. The van der Waals surface area contributed by atoms with Gasteiger partial charge < -0.3 is 9.64 Å². The van der Waals surface area contributed by atoms with Crippen molar-refractivity contribution in [2.75, 3.05) is 27.2 Å². The predicted octanol–water partition coefficient (Wildman–Crippen LogP) is 5.48. The molecule has 2 aliphatic rings. The van der Waals surface area contributed by atoms with Gasteiger partial charge in [-0.25, -0.2) is 0 Å². The highest BCUT2D eigenvalue weighted by Gasteiger charge is 2.42. The van der Waals surface area contributed by atoms with Crippen molar-refractivity contribution >= 4 is 6.41 Å². The SMILES string of the molecule is COc1ccc(CN(C)CC2(N(C=O)CC3CCC3)CCC(c3ccccc3)CC2)cc1. The summed E-state index contributed by atoms with van der Waals surface area (Å²) < 4.78 is 5.30. The molecule has 4 nitrogen and oxygen atoms in total. The van der Waals surface area contributed by atoms with Crippen LogP contribution in [-0.4, -0.2) is 49.0 Å². The first kappa shape index (κ1) is 22.8. The number of nitrogens with zero attached hydrogens (tertiary/aromatic N) is 2. The minimum Gasteiger partial charge on any atom is -0.497 e. The molecule has 0 spiro atoms. The number of ether oxygens (including phenoxy) is 1. The molecule has 32 heavy (non-hydrogen) atoms. The molecule has 0 aliphatic heterocycles. The van der Waals surface area contributed by atoms with Gasteiger partial charge in [-0.1, -0.05) is 48.9 Å². The molecular weight excluding hydrogens is 396 g/mol. The molecule has 2 fully saturated rings. The fourth-order valence-electron chi connectivity index (χ4n) is 5.65. The minimum absolute atomic E-state index is 0.0656. The number of hydrogen-bond acceptors (Lipinski definition) is 3. The molecule has 0 heterocycles. The van der Waals surface area contributed by atoms with E-state index in [0.29, 0.717) is 11.8 Å². The maximum absolute atomic E-state index is 12.3. The summed E-state index contributed by atoms with van der Waals surface area (Å²) in [5.74, 6) is 2.18. The summed E-state index contributed by atoms with van der Waals surface area (Å²) >= 11 is 0. The smallest absolute Gasteiger partial charge is 0.210 e. The molecule has 0 unspecified atom stereocenters. The van der Waals surface area contributed by atoms with E-state index in [4.69, 9.17) is 4.74 Å². The van der Waals surface area contributed by atoms with Gasteiger partial charge in [0.15, 0.2) is 0 Å². The number of hydrogen-bond donors (Lipinski definition) is 0. The van der Waals surface area contributed by atoms with Crippen molar-refractivity contribution in [3.05, 3.63) is 65.7 Å². The molecule has 4 rings (SSSR count). The Kier molecular flexibility index (Phi) is 7.51. The molecule has 0 N–H and O–H groups in total. The largest absolute Gasteiger partial charge is 0.497 e. The van der Waals surface area contributed by atoms with Crippen LogP contribution in [0.15, 0.2) is 54.6 Å². The second-order valence-electron chi connectivity index (χ2n) is 9.98. The highest BCUT2D eigenvalue weighted by Crippen LogP contribution is 2.42. The van der Waals surface area contributed by atoms with Crippen LogP contribution in [0.3, 0.4) is 0 Å². The van der Waals surface area contributed by atoms with Crippen LogP contribution >= 0.6 is 0 Å². The van der Waals surface area contributed by atoms with Gasteiger partial charge in [-0.2, -0.15) is 0 Å². The molecule has 0 radical (unpaired) electrons. The molecule has 0 atom stereocenters. The van der Waals surface area contributed by atoms with Crippen LogP contribution in [-0.2, 0) is 11.3 Å². The van der Waals surface area contributed by atoms with E-state index >= 15 is 0 Å². The maximum atomic E-state index is 12.3. The van der Waals surface area contributed by atoms with E-state index in [0.717, 1.165) is 57.5 Å². The number of benzene rings is 2. The molecule has 4 heteroatoms. The van der Waals surface area contributed by atoms with Gasteiger partial charge in [0.2, 0.25) is 6.41 Å². The van der Waals surface area contributed by atoms with E-state index in [2.05, 4.69) is 59.3 Å². The monoisotopic (exact) mass is 434 g/mol. The molecule has 2 aliphatic carbocycles. The van der Waals surface area contributed by atoms with Gasteiger partial charge in [-0.3, -0.25) is 9.69 Å². The molecule has 0 aromatic heterocycles. The lowest BCUT2D eigenvalue weighted by Gasteiger charge is -2.50. The third kappa shape index (κ3) is 5.35.